The second kappa shape index (κ2) is 9.50. The molecule has 34 heavy (non-hydrogen) atoms. The first-order valence-electron chi connectivity index (χ1n) is 10.9. The molecule has 172 valence electrons. The molecular formula is C25H23N5O3S. The quantitative estimate of drug-likeness (QED) is 0.387. The SMILES string of the molecule is NC(=O)c1nc(Nc2ccc3ccccc3c2)sc1NC(=O)c1ccc(N2CCOCC2)cc1. The van der Waals surface area contributed by atoms with Gasteiger partial charge < -0.3 is 26.0 Å². The number of benzene rings is 3. The summed E-state index contributed by atoms with van der Waals surface area (Å²) in [4.78, 5) is 31.3. The number of rotatable bonds is 6. The fourth-order valence-electron chi connectivity index (χ4n) is 3.84. The summed E-state index contributed by atoms with van der Waals surface area (Å²) in [5, 5.41) is 8.95. The number of amides is 2. The first kappa shape index (κ1) is 21.9. The van der Waals surface area contributed by atoms with E-state index < -0.39 is 5.91 Å². The molecule has 0 radical (unpaired) electrons. The van der Waals surface area contributed by atoms with E-state index in [1.165, 1.54) is 0 Å². The number of nitrogens with one attached hydrogen (secondary N) is 2. The molecule has 2 heterocycles. The van der Waals surface area contributed by atoms with E-state index in [4.69, 9.17) is 10.5 Å². The standard InChI is InChI=1S/C25H23N5O3S/c26-22(31)21-24(29-23(32)17-6-9-20(10-7-17)30-11-13-33-14-12-30)34-25(28-21)27-19-8-5-16-3-1-2-4-18(16)15-19/h1-10,15H,11-14H2,(H2,26,31)(H,27,28)(H,29,32). The lowest BCUT2D eigenvalue weighted by molar-refractivity contribution is 0.0997. The summed E-state index contributed by atoms with van der Waals surface area (Å²) < 4.78 is 5.38. The topological polar surface area (TPSA) is 110 Å². The molecule has 4 aromatic rings. The van der Waals surface area contributed by atoms with Gasteiger partial charge in [0.2, 0.25) is 0 Å². The molecule has 0 unspecified atom stereocenters. The van der Waals surface area contributed by atoms with Gasteiger partial charge in [0, 0.05) is 30.0 Å². The number of ether oxygens (including phenoxy) is 1. The summed E-state index contributed by atoms with van der Waals surface area (Å²) in [7, 11) is 0. The van der Waals surface area contributed by atoms with Crippen LogP contribution in [0.1, 0.15) is 20.8 Å². The molecule has 1 fully saturated rings. The van der Waals surface area contributed by atoms with Crippen LogP contribution in [0.2, 0.25) is 0 Å². The van der Waals surface area contributed by atoms with Crippen LogP contribution in [-0.2, 0) is 4.74 Å². The van der Waals surface area contributed by atoms with Crippen molar-refractivity contribution in [1.29, 1.82) is 0 Å². The van der Waals surface area contributed by atoms with Crippen LogP contribution in [-0.4, -0.2) is 43.1 Å². The third kappa shape index (κ3) is 4.70. The molecule has 1 aliphatic heterocycles. The Hall–Kier alpha value is -3.95. The number of nitrogens with zero attached hydrogens (tertiary/aromatic N) is 2. The van der Waals surface area contributed by atoms with Gasteiger partial charge >= 0.3 is 0 Å². The van der Waals surface area contributed by atoms with Gasteiger partial charge in [0.15, 0.2) is 10.8 Å². The molecule has 1 aromatic heterocycles. The maximum atomic E-state index is 12.9. The summed E-state index contributed by atoms with van der Waals surface area (Å²) >= 11 is 1.16. The highest BCUT2D eigenvalue weighted by Gasteiger charge is 2.19. The van der Waals surface area contributed by atoms with Gasteiger partial charge in [-0.25, -0.2) is 4.98 Å². The Balaban J connectivity index is 1.32. The first-order valence-corrected chi connectivity index (χ1v) is 11.7. The molecular weight excluding hydrogens is 450 g/mol. The van der Waals surface area contributed by atoms with Crippen molar-refractivity contribution in [1.82, 2.24) is 4.98 Å². The molecule has 4 N–H and O–H groups in total. The van der Waals surface area contributed by atoms with Crippen molar-refractivity contribution >= 4 is 55.4 Å². The number of hydrogen-bond acceptors (Lipinski definition) is 7. The van der Waals surface area contributed by atoms with Crippen molar-refractivity contribution in [3.63, 3.8) is 0 Å². The third-order valence-electron chi connectivity index (χ3n) is 5.59. The molecule has 0 atom stereocenters. The average Bonchev–Trinajstić information content (AvgIpc) is 3.27. The molecule has 9 heteroatoms. The zero-order valence-electron chi connectivity index (χ0n) is 18.3. The Bertz CT molecular complexity index is 1350. The van der Waals surface area contributed by atoms with Crippen LogP contribution in [0.25, 0.3) is 10.8 Å². The lowest BCUT2D eigenvalue weighted by Crippen LogP contribution is -2.36. The molecule has 2 amide bonds. The maximum absolute atomic E-state index is 12.9. The van der Waals surface area contributed by atoms with Gasteiger partial charge in [0.25, 0.3) is 11.8 Å². The number of primary amides is 1. The largest absolute Gasteiger partial charge is 0.378 e. The molecule has 0 aliphatic carbocycles. The lowest BCUT2D eigenvalue weighted by atomic mass is 10.1. The molecule has 3 aromatic carbocycles. The van der Waals surface area contributed by atoms with E-state index in [1.807, 2.05) is 54.6 Å². The van der Waals surface area contributed by atoms with E-state index in [1.54, 1.807) is 12.1 Å². The van der Waals surface area contributed by atoms with Gasteiger partial charge in [-0.3, -0.25) is 9.59 Å². The van der Waals surface area contributed by atoms with Crippen LogP contribution in [0.3, 0.4) is 0 Å². The molecule has 0 bridgehead atoms. The monoisotopic (exact) mass is 473 g/mol. The smallest absolute Gasteiger partial charge is 0.270 e. The Morgan fingerprint density at radius 2 is 1.71 bits per heavy atom. The average molecular weight is 474 g/mol. The highest BCUT2D eigenvalue weighted by Crippen LogP contribution is 2.32. The Kier molecular flexibility index (Phi) is 6.11. The van der Waals surface area contributed by atoms with Gasteiger partial charge in [0.1, 0.15) is 5.00 Å². The molecule has 8 nitrogen and oxygen atoms in total. The van der Waals surface area contributed by atoms with Crippen LogP contribution >= 0.6 is 11.3 Å². The predicted molar refractivity (Wildman–Crippen MR) is 135 cm³/mol. The Morgan fingerprint density at radius 1 is 0.971 bits per heavy atom. The van der Waals surface area contributed by atoms with Crippen molar-refractivity contribution in [2.24, 2.45) is 5.73 Å². The summed E-state index contributed by atoms with van der Waals surface area (Å²) in [6.07, 6.45) is 0. The first-order chi connectivity index (χ1) is 16.6. The number of nitrogens with two attached hydrogens (primary N) is 1. The van der Waals surface area contributed by atoms with Crippen LogP contribution < -0.4 is 21.3 Å². The van der Waals surface area contributed by atoms with Crippen molar-refractivity contribution in [3.8, 4) is 0 Å². The minimum Gasteiger partial charge on any atom is -0.378 e. The van der Waals surface area contributed by atoms with Gasteiger partial charge in [-0.1, -0.05) is 41.7 Å². The van der Waals surface area contributed by atoms with E-state index in [9.17, 15) is 9.59 Å². The number of anilines is 4. The maximum Gasteiger partial charge on any atom is 0.270 e. The predicted octanol–water partition coefficient (Wildman–Crippen LogP) is 4.23. The molecule has 1 aliphatic rings. The summed E-state index contributed by atoms with van der Waals surface area (Å²) in [6, 6.07) is 21.3. The van der Waals surface area contributed by atoms with Gasteiger partial charge in [-0.15, -0.1) is 0 Å². The fourth-order valence-corrected chi connectivity index (χ4v) is 4.72. The molecule has 0 saturated carbocycles. The number of hydrogen-bond donors (Lipinski definition) is 3. The third-order valence-corrected chi connectivity index (χ3v) is 6.48. The van der Waals surface area contributed by atoms with Crippen molar-refractivity contribution in [2.45, 2.75) is 0 Å². The van der Waals surface area contributed by atoms with Crippen LogP contribution in [0.5, 0.6) is 0 Å². The van der Waals surface area contributed by atoms with E-state index in [0.29, 0.717) is 28.9 Å². The fraction of sp³-hybridized carbons (Fsp3) is 0.160. The number of morpholine rings is 1. The Labute approximate surface area is 200 Å². The summed E-state index contributed by atoms with van der Waals surface area (Å²) in [5.41, 5.74) is 7.88. The second-order valence-electron chi connectivity index (χ2n) is 7.85. The van der Waals surface area contributed by atoms with E-state index in [0.717, 1.165) is 46.6 Å². The zero-order chi connectivity index (χ0) is 23.5. The highest BCUT2D eigenvalue weighted by molar-refractivity contribution is 7.20. The number of fused-ring (bicyclic) bond motifs is 1. The van der Waals surface area contributed by atoms with Crippen LogP contribution in [0, 0.1) is 0 Å². The van der Waals surface area contributed by atoms with Gasteiger partial charge in [-0.2, -0.15) is 0 Å². The van der Waals surface area contributed by atoms with Crippen LogP contribution in [0.15, 0.2) is 66.7 Å². The Morgan fingerprint density at radius 3 is 2.44 bits per heavy atom. The normalized spacial score (nSPS) is 13.6. The minimum atomic E-state index is -0.708. The lowest BCUT2D eigenvalue weighted by Gasteiger charge is -2.28. The number of aromatic nitrogens is 1. The number of carbonyl (C=O) groups is 2. The van der Waals surface area contributed by atoms with E-state index >= 15 is 0 Å². The summed E-state index contributed by atoms with van der Waals surface area (Å²) in [5.74, 6) is -1.04. The number of carbonyl (C=O) groups excluding carboxylic acids is 2. The van der Waals surface area contributed by atoms with Gasteiger partial charge in [-0.05, 0) is 47.2 Å². The van der Waals surface area contributed by atoms with Gasteiger partial charge in [0.05, 0.1) is 13.2 Å². The highest BCUT2D eigenvalue weighted by atomic mass is 32.1. The van der Waals surface area contributed by atoms with Crippen LogP contribution in [0.4, 0.5) is 21.5 Å². The molecule has 5 rings (SSSR count). The molecule has 0 spiro atoms. The van der Waals surface area contributed by atoms with Crippen molar-refractivity contribution in [3.05, 3.63) is 78.0 Å². The van der Waals surface area contributed by atoms with Crippen molar-refractivity contribution < 1.29 is 14.3 Å². The minimum absolute atomic E-state index is 0.0200. The zero-order valence-corrected chi connectivity index (χ0v) is 19.1. The van der Waals surface area contributed by atoms with E-state index in [2.05, 4.69) is 20.5 Å². The van der Waals surface area contributed by atoms with E-state index in [-0.39, 0.29) is 11.6 Å². The summed E-state index contributed by atoms with van der Waals surface area (Å²) in [6.45, 7) is 3.03. The van der Waals surface area contributed by atoms with Crippen molar-refractivity contribution in [2.75, 3.05) is 41.8 Å². The molecule has 1 saturated heterocycles. The number of thiazole rings is 1. The second-order valence-corrected chi connectivity index (χ2v) is 8.85.